The number of H-pyrrole nitrogens is 1. The fourth-order valence-corrected chi connectivity index (χ4v) is 1.30. The maximum atomic E-state index is 5.52. The molecule has 0 atom stereocenters. The summed E-state index contributed by atoms with van der Waals surface area (Å²) in [4.78, 5) is 7.11. The van der Waals surface area contributed by atoms with E-state index in [4.69, 9.17) is 5.73 Å². The lowest BCUT2D eigenvalue weighted by Crippen LogP contribution is -1.84. The summed E-state index contributed by atoms with van der Waals surface area (Å²) < 4.78 is 0. The van der Waals surface area contributed by atoms with E-state index in [0.29, 0.717) is 5.95 Å². The van der Waals surface area contributed by atoms with Crippen LogP contribution in [0.25, 0.3) is 11.0 Å². The minimum Gasteiger partial charge on any atom is -0.369 e. The number of nitrogens with two attached hydrogens (primary N) is 1. The Morgan fingerprint density at radius 3 is 2.71 bits per heavy atom. The van der Waals surface area contributed by atoms with Crippen molar-refractivity contribution in [1.29, 1.82) is 0 Å². The number of nitrogen functional groups attached to an aromatic ring is 1. The van der Waals surface area contributed by atoms with Gasteiger partial charge in [0.1, 0.15) is 0 Å². The molecular formula is C11H17N3. The first-order valence-corrected chi connectivity index (χ1v) is 5.03. The van der Waals surface area contributed by atoms with Gasteiger partial charge in [0.25, 0.3) is 0 Å². The molecule has 3 heteroatoms. The van der Waals surface area contributed by atoms with Gasteiger partial charge in [0.2, 0.25) is 0 Å². The van der Waals surface area contributed by atoms with Gasteiger partial charge >= 0.3 is 0 Å². The summed E-state index contributed by atoms with van der Waals surface area (Å²) in [5.41, 5.74) is 8.77. The van der Waals surface area contributed by atoms with Crippen molar-refractivity contribution in [2.45, 2.75) is 27.2 Å². The molecule has 2 rings (SSSR count). The molecule has 0 radical (unpaired) electrons. The third-order valence-electron chi connectivity index (χ3n) is 1.97. The van der Waals surface area contributed by atoms with Gasteiger partial charge in [0.05, 0.1) is 11.0 Å². The lowest BCUT2D eigenvalue weighted by atomic mass is 10.1. The number of hydrogen-bond acceptors (Lipinski definition) is 2. The Bertz CT molecular complexity index is 404. The number of nitrogens with zero attached hydrogens (tertiary/aromatic N) is 1. The summed E-state index contributed by atoms with van der Waals surface area (Å²) in [5, 5.41) is 0. The van der Waals surface area contributed by atoms with E-state index in [2.05, 4.69) is 29.0 Å². The molecule has 0 unspecified atom stereocenters. The Morgan fingerprint density at radius 2 is 2.07 bits per heavy atom. The minimum absolute atomic E-state index is 0.484. The van der Waals surface area contributed by atoms with Crippen LogP contribution in [0.4, 0.5) is 5.95 Å². The van der Waals surface area contributed by atoms with Crippen molar-refractivity contribution in [3.8, 4) is 0 Å². The first-order chi connectivity index (χ1) is 6.79. The Morgan fingerprint density at radius 1 is 1.36 bits per heavy atom. The molecule has 76 valence electrons. The van der Waals surface area contributed by atoms with Crippen molar-refractivity contribution < 1.29 is 0 Å². The lowest BCUT2D eigenvalue weighted by molar-refractivity contribution is 1.14. The van der Waals surface area contributed by atoms with Crippen molar-refractivity contribution in [2.75, 3.05) is 5.73 Å². The van der Waals surface area contributed by atoms with E-state index in [9.17, 15) is 0 Å². The molecule has 0 spiro atoms. The molecule has 0 aliphatic carbocycles. The van der Waals surface area contributed by atoms with Gasteiger partial charge in [-0.05, 0) is 24.1 Å². The average Bonchev–Trinajstić information content (AvgIpc) is 2.59. The van der Waals surface area contributed by atoms with E-state index < -0.39 is 0 Å². The quantitative estimate of drug-likeness (QED) is 0.728. The Balaban J connectivity index is 0.000000461. The average molecular weight is 191 g/mol. The van der Waals surface area contributed by atoms with E-state index in [0.717, 1.165) is 17.5 Å². The van der Waals surface area contributed by atoms with Gasteiger partial charge in [-0.2, -0.15) is 0 Å². The number of aromatic amines is 1. The molecule has 3 N–H and O–H groups in total. The van der Waals surface area contributed by atoms with Crippen molar-refractivity contribution in [3.05, 3.63) is 23.8 Å². The van der Waals surface area contributed by atoms with E-state index >= 15 is 0 Å². The minimum atomic E-state index is 0.484. The zero-order valence-corrected chi connectivity index (χ0v) is 8.96. The maximum absolute atomic E-state index is 5.52. The number of imidazole rings is 1. The molecular weight excluding hydrogens is 174 g/mol. The summed E-state index contributed by atoms with van der Waals surface area (Å²) in [6.45, 7) is 6.13. The highest BCUT2D eigenvalue weighted by Gasteiger charge is 1.98. The standard InChI is InChI=1S/C9H11N3.C2H6/c1-2-6-3-4-7-8(5-6)12-9(10)11-7;1-2/h3-5H,2H2,1H3,(H3,10,11,12);1-2H3. The van der Waals surface area contributed by atoms with Gasteiger partial charge in [-0.25, -0.2) is 4.98 Å². The number of aryl methyl sites for hydroxylation is 1. The highest BCUT2D eigenvalue weighted by Crippen LogP contribution is 2.14. The van der Waals surface area contributed by atoms with Crippen LogP contribution >= 0.6 is 0 Å². The van der Waals surface area contributed by atoms with E-state index in [1.54, 1.807) is 0 Å². The number of nitrogens with one attached hydrogen (secondary N) is 1. The second kappa shape index (κ2) is 4.65. The van der Waals surface area contributed by atoms with Crippen LogP contribution in [0.2, 0.25) is 0 Å². The van der Waals surface area contributed by atoms with Crippen molar-refractivity contribution in [1.82, 2.24) is 9.97 Å². The number of anilines is 1. The van der Waals surface area contributed by atoms with Gasteiger partial charge in [-0.1, -0.05) is 26.8 Å². The zero-order chi connectivity index (χ0) is 10.6. The first-order valence-electron chi connectivity index (χ1n) is 5.03. The fourth-order valence-electron chi connectivity index (χ4n) is 1.30. The smallest absolute Gasteiger partial charge is 0.198 e. The SMILES string of the molecule is CC.CCc1ccc2nc(N)[nH]c2c1. The van der Waals surface area contributed by atoms with Crippen LogP contribution in [-0.2, 0) is 6.42 Å². The molecule has 1 aromatic carbocycles. The van der Waals surface area contributed by atoms with E-state index in [1.807, 2.05) is 19.9 Å². The second-order valence-electron chi connectivity index (χ2n) is 2.83. The third-order valence-corrected chi connectivity index (χ3v) is 1.97. The molecule has 2 aromatic rings. The van der Waals surface area contributed by atoms with Gasteiger partial charge in [-0.3, -0.25) is 0 Å². The largest absolute Gasteiger partial charge is 0.369 e. The van der Waals surface area contributed by atoms with Crippen LogP contribution in [0.1, 0.15) is 26.3 Å². The Labute approximate surface area is 84.3 Å². The molecule has 1 heterocycles. The summed E-state index contributed by atoms with van der Waals surface area (Å²) >= 11 is 0. The molecule has 1 aromatic heterocycles. The normalized spacial score (nSPS) is 9.64. The van der Waals surface area contributed by atoms with Crippen LogP contribution < -0.4 is 5.73 Å². The van der Waals surface area contributed by atoms with Crippen molar-refractivity contribution >= 4 is 17.0 Å². The number of aromatic nitrogens is 2. The third kappa shape index (κ3) is 2.05. The predicted molar refractivity (Wildman–Crippen MR) is 61.2 cm³/mol. The Hall–Kier alpha value is -1.51. The first kappa shape index (κ1) is 10.6. The van der Waals surface area contributed by atoms with Crippen LogP contribution in [0.3, 0.4) is 0 Å². The molecule has 0 saturated carbocycles. The molecule has 0 aliphatic rings. The van der Waals surface area contributed by atoms with Gasteiger partial charge in [0.15, 0.2) is 5.95 Å². The molecule has 0 fully saturated rings. The molecule has 14 heavy (non-hydrogen) atoms. The van der Waals surface area contributed by atoms with Gasteiger partial charge in [-0.15, -0.1) is 0 Å². The molecule has 0 aliphatic heterocycles. The Kier molecular flexibility index (Phi) is 3.51. The van der Waals surface area contributed by atoms with Crippen LogP contribution in [-0.4, -0.2) is 9.97 Å². The molecule has 0 amide bonds. The van der Waals surface area contributed by atoms with Crippen molar-refractivity contribution in [2.24, 2.45) is 0 Å². The lowest BCUT2D eigenvalue weighted by Gasteiger charge is -1.93. The number of hydrogen-bond donors (Lipinski definition) is 2. The monoisotopic (exact) mass is 191 g/mol. The summed E-state index contributed by atoms with van der Waals surface area (Å²) in [6, 6.07) is 6.14. The highest BCUT2D eigenvalue weighted by molar-refractivity contribution is 5.77. The summed E-state index contributed by atoms with van der Waals surface area (Å²) in [5.74, 6) is 0.484. The van der Waals surface area contributed by atoms with Crippen molar-refractivity contribution in [3.63, 3.8) is 0 Å². The topological polar surface area (TPSA) is 54.7 Å². The second-order valence-corrected chi connectivity index (χ2v) is 2.83. The molecule has 0 bridgehead atoms. The fraction of sp³-hybridized carbons (Fsp3) is 0.364. The zero-order valence-electron chi connectivity index (χ0n) is 8.96. The molecule has 0 saturated heterocycles. The van der Waals surface area contributed by atoms with Crippen LogP contribution in [0.5, 0.6) is 0 Å². The summed E-state index contributed by atoms with van der Waals surface area (Å²) in [6.07, 6.45) is 1.04. The van der Waals surface area contributed by atoms with Crippen LogP contribution in [0, 0.1) is 0 Å². The van der Waals surface area contributed by atoms with E-state index in [-0.39, 0.29) is 0 Å². The highest BCUT2D eigenvalue weighted by atomic mass is 15.0. The van der Waals surface area contributed by atoms with Crippen LogP contribution in [0.15, 0.2) is 18.2 Å². The maximum Gasteiger partial charge on any atom is 0.198 e. The summed E-state index contributed by atoms with van der Waals surface area (Å²) in [7, 11) is 0. The predicted octanol–water partition coefficient (Wildman–Crippen LogP) is 2.73. The number of rotatable bonds is 1. The van der Waals surface area contributed by atoms with E-state index in [1.165, 1.54) is 5.56 Å². The number of benzene rings is 1. The molecule has 3 nitrogen and oxygen atoms in total. The van der Waals surface area contributed by atoms with Gasteiger partial charge < -0.3 is 10.7 Å². The number of fused-ring (bicyclic) bond motifs is 1. The van der Waals surface area contributed by atoms with Gasteiger partial charge in [0, 0.05) is 0 Å².